The molecule has 0 saturated carbocycles. The van der Waals surface area contributed by atoms with Gasteiger partial charge in [-0.2, -0.15) is 5.26 Å². The highest BCUT2D eigenvalue weighted by atomic mass is 19.1. The van der Waals surface area contributed by atoms with Crippen molar-refractivity contribution in [3.63, 3.8) is 0 Å². The smallest absolute Gasteiger partial charge is 0.311 e. The minimum absolute atomic E-state index is 0.286. The Bertz CT molecular complexity index is 749. The third-order valence-electron chi connectivity index (χ3n) is 2.46. The molecule has 0 unspecified atom stereocenters. The van der Waals surface area contributed by atoms with Gasteiger partial charge in [-0.3, -0.25) is 10.1 Å². The second-order valence-corrected chi connectivity index (χ2v) is 3.85. The first-order valence-electron chi connectivity index (χ1n) is 5.43. The highest BCUT2D eigenvalue weighted by Gasteiger charge is 2.21. The van der Waals surface area contributed by atoms with Gasteiger partial charge in [0.05, 0.1) is 16.6 Å². The average molecular weight is 294 g/mol. The van der Waals surface area contributed by atoms with Crippen molar-refractivity contribution in [1.82, 2.24) is 0 Å². The fourth-order valence-corrected chi connectivity index (χ4v) is 1.55. The third-order valence-corrected chi connectivity index (χ3v) is 2.46. The lowest BCUT2D eigenvalue weighted by Crippen LogP contribution is -1.98. The maximum Gasteiger partial charge on any atom is 0.311 e. The van der Waals surface area contributed by atoms with Crippen molar-refractivity contribution in [3.8, 4) is 17.6 Å². The first kappa shape index (κ1) is 14.3. The molecule has 0 heterocycles. The van der Waals surface area contributed by atoms with Crippen molar-refractivity contribution >= 4 is 5.69 Å². The zero-order valence-electron chi connectivity index (χ0n) is 10.1. The van der Waals surface area contributed by atoms with Crippen molar-refractivity contribution in [3.05, 3.63) is 63.5 Å². The number of hydrogen-bond donors (Lipinski definition) is 0. The summed E-state index contributed by atoms with van der Waals surface area (Å²) in [4.78, 5) is 9.89. The Balaban J connectivity index is 2.51. The lowest BCUT2D eigenvalue weighted by Gasteiger charge is -2.08. The van der Waals surface area contributed by atoms with E-state index in [0.717, 1.165) is 12.1 Å². The summed E-state index contributed by atoms with van der Waals surface area (Å²) < 4.78 is 45.1. The van der Waals surface area contributed by atoms with Gasteiger partial charge < -0.3 is 4.74 Å². The van der Waals surface area contributed by atoms with Gasteiger partial charge in [0.15, 0.2) is 17.4 Å². The Labute approximate surface area is 116 Å². The van der Waals surface area contributed by atoms with Crippen LogP contribution in [-0.2, 0) is 0 Å². The fourth-order valence-electron chi connectivity index (χ4n) is 1.55. The van der Waals surface area contributed by atoms with Crippen molar-refractivity contribution in [1.29, 1.82) is 5.26 Å². The van der Waals surface area contributed by atoms with Crippen LogP contribution >= 0.6 is 0 Å². The average Bonchev–Trinajstić information content (AvgIpc) is 2.42. The van der Waals surface area contributed by atoms with E-state index in [0.29, 0.717) is 18.2 Å². The second kappa shape index (κ2) is 5.50. The van der Waals surface area contributed by atoms with E-state index in [-0.39, 0.29) is 5.56 Å². The highest BCUT2D eigenvalue weighted by Crippen LogP contribution is 2.34. The van der Waals surface area contributed by atoms with Crippen LogP contribution in [0.1, 0.15) is 5.56 Å². The first-order valence-corrected chi connectivity index (χ1v) is 5.43. The highest BCUT2D eigenvalue weighted by molar-refractivity contribution is 5.49. The molecule has 0 fully saturated rings. The normalized spacial score (nSPS) is 10.0. The number of nitriles is 1. The van der Waals surface area contributed by atoms with Crippen molar-refractivity contribution < 1.29 is 22.8 Å². The Kier molecular flexibility index (Phi) is 3.75. The summed E-state index contributed by atoms with van der Waals surface area (Å²) in [5, 5.41) is 19.3. The monoisotopic (exact) mass is 294 g/mol. The van der Waals surface area contributed by atoms with Gasteiger partial charge in [0.25, 0.3) is 0 Å². The topological polar surface area (TPSA) is 76.2 Å². The Morgan fingerprint density at radius 1 is 1.14 bits per heavy atom. The van der Waals surface area contributed by atoms with Crippen LogP contribution in [0, 0.1) is 38.9 Å². The van der Waals surface area contributed by atoms with Gasteiger partial charge in [-0.15, -0.1) is 0 Å². The lowest BCUT2D eigenvalue weighted by atomic mass is 10.2. The van der Waals surface area contributed by atoms with Gasteiger partial charge in [0.2, 0.25) is 5.75 Å². The van der Waals surface area contributed by atoms with Gasteiger partial charge >= 0.3 is 5.69 Å². The van der Waals surface area contributed by atoms with Crippen molar-refractivity contribution in [2.75, 3.05) is 0 Å². The molecule has 0 saturated heterocycles. The van der Waals surface area contributed by atoms with Gasteiger partial charge in [-0.05, 0) is 18.2 Å². The molecule has 0 radical (unpaired) electrons. The summed E-state index contributed by atoms with van der Waals surface area (Å²) in [6.07, 6.45) is 0. The molecule has 2 aromatic rings. The van der Waals surface area contributed by atoms with Gasteiger partial charge in [0, 0.05) is 12.1 Å². The minimum Gasteiger partial charge on any atom is -0.444 e. The van der Waals surface area contributed by atoms with E-state index in [4.69, 9.17) is 10.00 Å². The predicted octanol–water partition coefficient (Wildman–Crippen LogP) is 3.68. The van der Waals surface area contributed by atoms with E-state index in [1.165, 1.54) is 6.07 Å². The van der Waals surface area contributed by atoms with Crippen LogP contribution in [-0.4, -0.2) is 4.92 Å². The molecule has 2 rings (SSSR count). The maximum atomic E-state index is 13.6. The summed E-state index contributed by atoms with van der Waals surface area (Å²) in [6, 6.07) is 5.19. The largest absolute Gasteiger partial charge is 0.444 e. The van der Waals surface area contributed by atoms with E-state index in [1.54, 1.807) is 0 Å². The number of hydrogen-bond acceptors (Lipinski definition) is 4. The molecule has 0 spiro atoms. The van der Waals surface area contributed by atoms with Crippen LogP contribution in [0.25, 0.3) is 0 Å². The van der Waals surface area contributed by atoms with Crippen LogP contribution in [0.5, 0.6) is 11.5 Å². The number of nitro groups is 1. The first-order chi connectivity index (χ1) is 9.92. The molecule has 0 bridgehead atoms. The van der Waals surface area contributed by atoms with Crippen molar-refractivity contribution in [2.24, 2.45) is 0 Å². The maximum absolute atomic E-state index is 13.6. The number of ether oxygens (including phenoxy) is 1. The molecule has 0 amide bonds. The lowest BCUT2D eigenvalue weighted by molar-refractivity contribution is -0.385. The molecule has 21 heavy (non-hydrogen) atoms. The Morgan fingerprint density at radius 3 is 2.29 bits per heavy atom. The Morgan fingerprint density at radius 2 is 1.76 bits per heavy atom. The number of halogens is 3. The molecule has 0 aliphatic carbocycles. The van der Waals surface area contributed by atoms with Gasteiger partial charge in [0.1, 0.15) is 5.82 Å². The van der Waals surface area contributed by atoms with Gasteiger partial charge in [-0.1, -0.05) is 0 Å². The summed E-state index contributed by atoms with van der Waals surface area (Å²) in [5.41, 5.74) is -0.939. The number of nitrogens with zero attached hydrogens (tertiary/aromatic N) is 2. The molecule has 0 N–H and O–H groups in total. The zero-order chi connectivity index (χ0) is 15.6. The quantitative estimate of drug-likeness (QED) is 0.639. The second-order valence-electron chi connectivity index (χ2n) is 3.85. The molecular formula is C13H5F3N2O3. The van der Waals surface area contributed by atoms with Crippen LogP contribution in [0.15, 0.2) is 30.3 Å². The van der Waals surface area contributed by atoms with E-state index >= 15 is 0 Å². The third kappa shape index (κ3) is 2.92. The molecule has 0 aliphatic heterocycles. The molecule has 5 nitrogen and oxygen atoms in total. The SMILES string of the molecule is N#Cc1cc(F)c(Oc2cc(F)ccc2[N+](=O)[O-])c(F)c1. The molecule has 0 aliphatic rings. The molecule has 0 aromatic heterocycles. The predicted molar refractivity (Wildman–Crippen MR) is 64.2 cm³/mol. The summed E-state index contributed by atoms with van der Waals surface area (Å²) in [7, 11) is 0. The molecule has 0 atom stereocenters. The van der Waals surface area contributed by atoms with Crippen LogP contribution in [0.3, 0.4) is 0 Å². The van der Waals surface area contributed by atoms with E-state index < -0.39 is 39.6 Å². The summed E-state index contributed by atoms with van der Waals surface area (Å²) in [6.45, 7) is 0. The number of rotatable bonds is 3. The standard InChI is InChI=1S/C13H5F3N2O3/c14-8-1-2-11(18(19)20)12(5-8)21-13-9(15)3-7(6-17)4-10(13)16/h1-5H. The number of benzene rings is 2. The molecular weight excluding hydrogens is 289 g/mol. The number of nitro benzene ring substituents is 1. The fraction of sp³-hybridized carbons (Fsp3) is 0. The van der Waals surface area contributed by atoms with Crippen LogP contribution in [0.2, 0.25) is 0 Å². The van der Waals surface area contributed by atoms with E-state index in [2.05, 4.69) is 0 Å². The van der Waals surface area contributed by atoms with Gasteiger partial charge in [-0.25, -0.2) is 13.2 Å². The molecule has 2 aromatic carbocycles. The molecule has 106 valence electrons. The van der Waals surface area contributed by atoms with E-state index in [9.17, 15) is 23.3 Å². The van der Waals surface area contributed by atoms with Crippen molar-refractivity contribution in [2.45, 2.75) is 0 Å². The summed E-state index contributed by atoms with van der Waals surface area (Å²) >= 11 is 0. The van der Waals surface area contributed by atoms with E-state index in [1.807, 2.05) is 0 Å². The van der Waals surface area contributed by atoms with Crippen LogP contribution in [0.4, 0.5) is 18.9 Å². The Hall–Kier alpha value is -3.08. The van der Waals surface area contributed by atoms with Crippen LogP contribution < -0.4 is 4.74 Å². The minimum atomic E-state index is -1.23. The molecule has 8 heteroatoms. The zero-order valence-corrected chi connectivity index (χ0v) is 10.1. The summed E-state index contributed by atoms with van der Waals surface area (Å²) in [5.74, 6) is -4.94.